The highest BCUT2D eigenvalue weighted by atomic mass is 15.2. The van der Waals surface area contributed by atoms with Crippen molar-refractivity contribution in [2.45, 2.75) is 32.7 Å². The van der Waals surface area contributed by atoms with E-state index in [0.29, 0.717) is 0 Å². The molecule has 1 aromatic heterocycles. The fourth-order valence-corrected chi connectivity index (χ4v) is 1.92. The van der Waals surface area contributed by atoms with E-state index in [2.05, 4.69) is 36.7 Å². The Balaban J connectivity index is 2.39. The molecule has 70 valence electrons. The second kappa shape index (κ2) is 2.72. The van der Waals surface area contributed by atoms with Gasteiger partial charge in [-0.1, -0.05) is 0 Å². The number of rotatable bonds is 0. The summed E-state index contributed by atoms with van der Waals surface area (Å²) >= 11 is 0. The number of anilines is 1. The summed E-state index contributed by atoms with van der Waals surface area (Å²) in [5, 5.41) is 0. The highest BCUT2D eigenvalue weighted by Gasteiger charge is 2.27. The summed E-state index contributed by atoms with van der Waals surface area (Å²) in [4.78, 5) is 6.60. The highest BCUT2D eigenvalue weighted by molar-refractivity contribution is 5.57. The number of pyridine rings is 1. The molecule has 0 fully saturated rings. The first kappa shape index (κ1) is 8.54. The summed E-state index contributed by atoms with van der Waals surface area (Å²) in [5.41, 5.74) is 2.97. The molecule has 0 unspecified atom stereocenters. The summed E-state index contributed by atoms with van der Waals surface area (Å²) in [5.74, 6) is 0. The lowest BCUT2D eigenvalue weighted by atomic mass is 10.1. The maximum atomic E-state index is 4.18. The third-order valence-corrected chi connectivity index (χ3v) is 2.59. The van der Waals surface area contributed by atoms with Gasteiger partial charge < -0.3 is 4.90 Å². The standard InChI is InChI=1S/C11H16N2/c1-11(2,3)13-7-5-9-4-6-12-8-10(9)13/h4,6,8H,5,7H2,1-3H3. The van der Waals surface area contributed by atoms with E-state index >= 15 is 0 Å². The van der Waals surface area contributed by atoms with Gasteiger partial charge in [0.05, 0.1) is 11.9 Å². The molecule has 0 bridgehead atoms. The number of hydrogen-bond donors (Lipinski definition) is 0. The van der Waals surface area contributed by atoms with E-state index in [1.807, 2.05) is 12.4 Å². The first-order valence-corrected chi connectivity index (χ1v) is 4.79. The minimum atomic E-state index is 0.217. The topological polar surface area (TPSA) is 16.1 Å². The number of fused-ring (bicyclic) bond motifs is 1. The summed E-state index contributed by atoms with van der Waals surface area (Å²) in [6, 6.07) is 2.13. The van der Waals surface area contributed by atoms with Gasteiger partial charge in [-0.05, 0) is 38.8 Å². The number of aromatic nitrogens is 1. The van der Waals surface area contributed by atoms with Crippen LogP contribution in [0.5, 0.6) is 0 Å². The van der Waals surface area contributed by atoms with Gasteiger partial charge in [-0.15, -0.1) is 0 Å². The zero-order chi connectivity index (χ0) is 9.47. The van der Waals surface area contributed by atoms with Gasteiger partial charge in [-0.3, -0.25) is 4.98 Å². The van der Waals surface area contributed by atoms with Crippen LogP contribution in [0.25, 0.3) is 0 Å². The van der Waals surface area contributed by atoms with Crippen LogP contribution in [0.4, 0.5) is 5.69 Å². The van der Waals surface area contributed by atoms with E-state index in [1.54, 1.807) is 0 Å². The summed E-state index contributed by atoms with van der Waals surface area (Å²) in [7, 11) is 0. The number of hydrogen-bond acceptors (Lipinski definition) is 2. The highest BCUT2D eigenvalue weighted by Crippen LogP contribution is 2.32. The summed E-state index contributed by atoms with van der Waals surface area (Å²) in [6.07, 6.45) is 5.02. The zero-order valence-electron chi connectivity index (χ0n) is 8.54. The Labute approximate surface area is 79.6 Å². The first-order valence-electron chi connectivity index (χ1n) is 4.79. The molecule has 1 aliphatic heterocycles. The largest absolute Gasteiger partial charge is 0.365 e. The van der Waals surface area contributed by atoms with Crippen molar-refractivity contribution in [3.05, 3.63) is 24.0 Å². The maximum absolute atomic E-state index is 4.18. The fraction of sp³-hybridized carbons (Fsp3) is 0.545. The van der Waals surface area contributed by atoms with Crippen molar-refractivity contribution in [3.63, 3.8) is 0 Å². The quantitative estimate of drug-likeness (QED) is 0.602. The minimum absolute atomic E-state index is 0.217. The first-order chi connectivity index (χ1) is 6.09. The zero-order valence-corrected chi connectivity index (χ0v) is 8.54. The minimum Gasteiger partial charge on any atom is -0.365 e. The molecule has 1 aliphatic rings. The van der Waals surface area contributed by atoms with Crippen LogP contribution in [-0.4, -0.2) is 17.1 Å². The van der Waals surface area contributed by atoms with Crippen LogP contribution in [0.3, 0.4) is 0 Å². The van der Waals surface area contributed by atoms with Crippen LogP contribution in [-0.2, 0) is 6.42 Å². The lowest BCUT2D eigenvalue weighted by molar-refractivity contribution is 0.518. The van der Waals surface area contributed by atoms with Crippen LogP contribution in [0.15, 0.2) is 18.5 Å². The molecule has 2 rings (SSSR count). The third kappa shape index (κ3) is 1.41. The van der Waals surface area contributed by atoms with Gasteiger partial charge in [0.1, 0.15) is 0 Å². The fourth-order valence-electron chi connectivity index (χ4n) is 1.92. The summed E-state index contributed by atoms with van der Waals surface area (Å²) in [6.45, 7) is 7.86. The van der Waals surface area contributed by atoms with Crippen molar-refractivity contribution in [2.24, 2.45) is 0 Å². The van der Waals surface area contributed by atoms with Crippen molar-refractivity contribution in [2.75, 3.05) is 11.4 Å². The predicted molar refractivity (Wildman–Crippen MR) is 55.0 cm³/mol. The average molecular weight is 176 g/mol. The molecular formula is C11H16N2. The lowest BCUT2D eigenvalue weighted by Crippen LogP contribution is -2.40. The molecule has 0 saturated carbocycles. The van der Waals surface area contributed by atoms with Gasteiger partial charge in [-0.2, -0.15) is 0 Å². The second-order valence-electron chi connectivity index (χ2n) is 4.58. The molecule has 2 heterocycles. The van der Waals surface area contributed by atoms with Crippen LogP contribution < -0.4 is 4.90 Å². The Morgan fingerprint density at radius 2 is 2.15 bits per heavy atom. The third-order valence-electron chi connectivity index (χ3n) is 2.59. The molecule has 13 heavy (non-hydrogen) atoms. The molecule has 0 saturated heterocycles. The van der Waals surface area contributed by atoms with Gasteiger partial charge >= 0.3 is 0 Å². The Morgan fingerprint density at radius 3 is 2.85 bits per heavy atom. The molecule has 0 atom stereocenters. The smallest absolute Gasteiger partial charge is 0.0590 e. The molecule has 0 spiro atoms. The molecule has 0 aliphatic carbocycles. The van der Waals surface area contributed by atoms with Crippen LogP contribution in [0, 0.1) is 0 Å². The normalized spacial score (nSPS) is 16.1. The van der Waals surface area contributed by atoms with E-state index in [-0.39, 0.29) is 5.54 Å². The van der Waals surface area contributed by atoms with E-state index in [1.165, 1.54) is 11.3 Å². The van der Waals surface area contributed by atoms with Crippen molar-refractivity contribution < 1.29 is 0 Å². The van der Waals surface area contributed by atoms with E-state index < -0.39 is 0 Å². The van der Waals surface area contributed by atoms with Crippen molar-refractivity contribution in [3.8, 4) is 0 Å². The van der Waals surface area contributed by atoms with Gasteiger partial charge in [0.25, 0.3) is 0 Å². The molecule has 0 radical (unpaired) electrons. The van der Waals surface area contributed by atoms with Gasteiger partial charge in [0, 0.05) is 18.3 Å². The average Bonchev–Trinajstić information content (AvgIpc) is 2.45. The van der Waals surface area contributed by atoms with Gasteiger partial charge in [0.2, 0.25) is 0 Å². The van der Waals surface area contributed by atoms with Crippen molar-refractivity contribution in [1.29, 1.82) is 0 Å². The number of nitrogens with zero attached hydrogens (tertiary/aromatic N) is 2. The van der Waals surface area contributed by atoms with Crippen LogP contribution in [0.2, 0.25) is 0 Å². The Kier molecular flexibility index (Phi) is 1.79. The molecular weight excluding hydrogens is 160 g/mol. The van der Waals surface area contributed by atoms with E-state index in [9.17, 15) is 0 Å². The van der Waals surface area contributed by atoms with Crippen LogP contribution >= 0.6 is 0 Å². The lowest BCUT2D eigenvalue weighted by Gasteiger charge is -2.34. The predicted octanol–water partition coefficient (Wildman–Crippen LogP) is 2.24. The van der Waals surface area contributed by atoms with Gasteiger partial charge in [-0.25, -0.2) is 0 Å². The molecule has 0 aromatic carbocycles. The molecule has 2 heteroatoms. The monoisotopic (exact) mass is 176 g/mol. The van der Waals surface area contributed by atoms with Gasteiger partial charge in [0.15, 0.2) is 0 Å². The van der Waals surface area contributed by atoms with Crippen LogP contribution in [0.1, 0.15) is 26.3 Å². The second-order valence-corrected chi connectivity index (χ2v) is 4.58. The molecule has 0 N–H and O–H groups in total. The van der Waals surface area contributed by atoms with E-state index in [4.69, 9.17) is 0 Å². The Hall–Kier alpha value is -1.05. The molecule has 0 amide bonds. The molecule has 2 nitrogen and oxygen atoms in total. The van der Waals surface area contributed by atoms with Crippen molar-refractivity contribution in [1.82, 2.24) is 4.98 Å². The maximum Gasteiger partial charge on any atom is 0.0590 e. The Morgan fingerprint density at radius 1 is 1.38 bits per heavy atom. The summed E-state index contributed by atoms with van der Waals surface area (Å²) < 4.78 is 0. The Bertz CT molecular complexity index is 312. The van der Waals surface area contributed by atoms with Crippen molar-refractivity contribution >= 4 is 5.69 Å². The molecule has 1 aromatic rings. The SMILES string of the molecule is CC(C)(C)N1CCc2ccncc21. The van der Waals surface area contributed by atoms with E-state index in [0.717, 1.165) is 13.0 Å².